The molecule has 8 aromatic rings. The molecule has 0 unspecified atom stereocenters. The van der Waals surface area contributed by atoms with Crippen molar-refractivity contribution in [2.45, 2.75) is 0 Å². The predicted molar refractivity (Wildman–Crippen MR) is 174 cm³/mol. The Morgan fingerprint density at radius 2 is 0.744 bits per heavy atom. The van der Waals surface area contributed by atoms with Crippen LogP contribution >= 0.6 is 0 Å². The molecule has 43 heavy (non-hydrogen) atoms. The fourth-order valence-corrected chi connectivity index (χ4v) is 5.52. The fraction of sp³-hybridized carbons (Fsp3) is 0. The highest BCUT2D eigenvalue weighted by Crippen LogP contribution is 2.35. The fourth-order valence-electron chi connectivity index (χ4n) is 5.52. The molecule has 0 amide bonds. The van der Waals surface area contributed by atoms with E-state index in [2.05, 4.69) is 97.1 Å². The van der Waals surface area contributed by atoms with E-state index in [1.807, 2.05) is 54.6 Å². The molecule has 0 aliphatic heterocycles. The van der Waals surface area contributed by atoms with Gasteiger partial charge in [-0.2, -0.15) is 0 Å². The van der Waals surface area contributed by atoms with Crippen LogP contribution in [0.2, 0.25) is 0 Å². The summed E-state index contributed by atoms with van der Waals surface area (Å²) in [5.41, 5.74) is 9.08. The van der Waals surface area contributed by atoms with Crippen LogP contribution in [0.25, 0.3) is 78.4 Å². The molecule has 2 heterocycles. The van der Waals surface area contributed by atoms with Crippen LogP contribution in [-0.4, -0.2) is 15.0 Å². The standard InChI is InChI=1S/C39H25N3O/c1-4-10-26(11-5-1)28-16-18-30(19-17-28)38-40-37(29-14-8-3-9-15-29)41-39(42-38)32-21-23-35-34(24-32)33-22-20-31(25-36(33)43-35)27-12-6-2-7-13-27/h1-25H. The van der Waals surface area contributed by atoms with Crippen LogP contribution in [0.1, 0.15) is 0 Å². The largest absolute Gasteiger partial charge is 0.456 e. The Balaban J connectivity index is 1.23. The molecule has 2 aromatic heterocycles. The van der Waals surface area contributed by atoms with Gasteiger partial charge < -0.3 is 4.42 Å². The zero-order valence-electron chi connectivity index (χ0n) is 23.2. The Bertz CT molecular complexity index is 2210. The molecule has 0 saturated carbocycles. The van der Waals surface area contributed by atoms with E-state index in [9.17, 15) is 0 Å². The molecular formula is C39H25N3O. The average Bonchev–Trinajstić information content (AvgIpc) is 3.46. The SMILES string of the molecule is c1ccc(-c2ccc(-c3nc(-c4ccccc4)nc(-c4ccc5oc6cc(-c7ccccc7)ccc6c5c4)n3)cc2)cc1. The average molecular weight is 552 g/mol. The minimum atomic E-state index is 0.619. The molecule has 0 atom stereocenters. The Morgan fingerprint density at radius 1 is 0.302 bits per heavy atom. The Hall–Kier alpha value is -5.87. The second-order valence-corrected chi connectivity index (χ2v) is 10.5. The van der Waals surface area contributed by atoms with Crippen LogP contribution in [0.15, 0.2) is 156 Å². The molecule has 0 saturated heterocycles. The van der Waals surface area contributed by atoms with Crippen LogP contribution in [0.4, 0.5) is 0 Å². The quantitative estimate of drug-likeness (QED) is 0.214. The highest BCUT2D eigenvalue weighted by molar-refractivity contribution is 6.07. The molecule has 202 valence electrons. The van der Waals surface area contributed by atoms with Crippen molar-refractivity contribution in [3.05, 3.63) is 152 Å². The van der Waals surface area contributed by atoms with Gasteiger partial charge >= 0.3 is 0 Å². The molecule has 0 aliphatic carbocycles. The lowest BCUT2D eigenvalue weighted by Gasteiger charge is -2.09. The van der Waals surface area contributed by atoms with E-state index in [1.54, 1.807) is 0 Å². The van der Waals surface area contributed by atoms with Crippen LogP contribution < -0.4 is 0 Å². The third-order valence-corrected chi connectivity index (χ3v) is 7.75. The maximum atomic E-state index is 6.29. The molecule has 0 fully saturated rings. The van der Waals surface area contributed by atoms with E-state index < -0.39 is 0 Å². The first-order chi connectivity index (χ1) is 21.3. The van der Waals surface area contributed by atoms with Crippen molar-refractivity contribution >= 4 is 21.9 Å². The van der Waals surface area contributed by atoms with Crippen molar-refractivity contribution < 1.29 is 4.42 Å². The molecule has 0 bridgehead atoms. The van der Waals surface area contributed by atoms with Gasteiger partial charge in [-0.3, -0.25) is 0 Å². The summed E-state index contributed by atoms with van der Waals surface area (Å²) in [4.78, 5) is 14.8. The zero-order chi connectivity index (χ0) is 28.6. The lowest BCUT2D eigenvalue weighted by molar-refractivity contribution is 0.669. The van der Waals surface area contributed by atoms with Gasteiger partial charge in [0.15, 0.2) is 17.5 Å². The molecule has 0 spiro atoms. The number of hydrogen-bond donors (Lipinski definition) is 0. The number of nitrogens with zero attached hydrogens (tertiary/aromatic N) is 3. The first kappa shape index (κ1) is 24.9. The van der Waals surface area contributed by atoms with Gasteiger partial charge in [-0.15, -0.1) is 0 Å². The summed E-state index contributed by atoms with van der Waals surface area (Å²) in [5, 5.41) is 2.09. The lowest BCUT2D eigenvalue weighted by Crippen LogP contribution is -2.00. The highest BCUT2D eigenvalue weighted by Gasteiger charge is 2.15. The van der Waals surface area contributed by atoms with E-state index >= 15 is 0 Å². The third kappa shape index (κ3) is 4.75. The van der Waals surface area contributed by atoms with Gasteiger partial charge in [0.05, 0.1) is 0 Å². The smallest absolute Gasteiger partial charge is 0.164 e. The molecule has 0 radical (unpaired) electrons. The Kier molecular flexibility index (Phi) is 6.08. The van der Waals surface area contributed by atoms with Crippen LogP contribution in [0.5, 0.6) is 0 Å². The second-order valence-electron chi connectivity index (χ2n) is 10.5. The number of furan rings is 1. The van der Waals surface area contributed by atoms with Crippen LogP contribution in [0, 0.1) is 0 Å². The number of rotatable bonds is 5. The van der Waals surface area contributed by atoms with Crippen molar-refractivity contribution in [1.82, 2.24) is 15.0 Å². The molecule has 6 aromatic carbocycles. The third-order valence-electron chi connectivity index (χ3n) is 7.75. The van der Waals surface area contributed by atoms with Crippen molar-refractivity contribution in [3.8, 4) is 56.4 Å². The monoisotopic (exact) mass is 551 g/mol. The summed E-state index contributed by atoms with van der Waals surface area (Å²) < 4.78 is 6.29. The van der Waals surface area contributed by atoms with Crippen molar-refractivity contribution in [2.75, 3.05) is 0 Å². The van der Waals surface area contributed by atoms with Gasteiger partial charge in [0.1, 0.15) is 11.2 Å². The van der Waals surface area contributed by atoms with Crippen LogP contribution in [0.3, 0.4) is 0 Å². The topological polar surface area (TPSA) is 51.8 Å². The molecule has 4 heteroatoms. The van der Waals surface area contributed by atoms with E-state index in [0.717, 1.165) is 55.3 Å². The first-order valence-corrected chi connectivity index (χ1v) is 14.3. The highest BCUT2D eigenvalue weighted by atomic mass is 16.3. The summed E-state index contributed by atoms with van der Waals surface area (Å²) in [6.45, 7) is 0. The maximum Gasteiger partial charge on any atom is 0.164 e. The summed E-state index contributed by atoms with van der Waals surface area (Å²) in [7, 11) is 0. The van der Waals surface area contributed by atoms with Crippen molar-refractivity contribution in [2.24, 2.45) is 0 Å². The van der Waals surface area contributed by atoms with E-state index in [-0.39, 0.29) is 0 Å². The van der Waals surface area contributed by atoms with E-state index in [4.69, 9.17) is 19.4 Å². The zero-order valence-corrected chi connectivity index (χ0v) is 23.2. The second kappa shape index (κ2) is 10.5. The van der Waals surface area contributed by atoms with Gasteiger partial charge in [-0.25, -0.2) is 15.0 Å². The summed E-state index contributed by atoms with van der Waals surface area (Å²) in [5.74, 6) is 1.89. The molecule has 0 aliphatic rings. The van der Waals surface area contributed by atoms with Gasteiger partial charge in [-0.1, -0.05) is 121 Å². The van der Waals surface area contributed by atoms with E-state index in [1.165, 1.54) is 5.56 Å². The minimum absolute atomic E-state index is 0.619. The predicted octanol–water partition coefficient (Wildman–Crippen LogP) is 10.1. The molecule has 4 nitrogen and oxygen atoms in total. The van der Waals surface area contributed by atoms with Crippen LogP contribution in [-0.2, 0) is 0 Å². The van der Waals surface area contributed by atoms with E-state index in [0.29, 0.717) is 17.5 Å². The Labute approximate surface area is 249 Å². The molecule has 8 rings (SSSR count). The van der Waals surface area contributed by atoms with Gasteiger partial charge in [0.2, 0.25) is 0 Å². The summed E-state index contributed by atoms with van der Waals surface area (Å²) >= 11 is 0. The van der Waals surface area contributed by atoms with Crippen molar-refractivity contribution in [3.63, 3.8) is 0 Å². The minimum Gasteiger partial charge on any atom is -0.456 e. The maximum absolute atomic E-state index is 6.29. The lowest BCUT2D eigenvalue weighted by atomic mass is 10.0. The number of benzene rings is 6. The van der Waals surface area contributed by atoms with Crippen molar-refractivity contribution in [1.29, 1.82) is 0 Å². The van der Waals surface area contributed by atoms with Gasteiger partial charge in [0.25, 0.3) is 0 Å². The number of fused-ring (bicyclic) bond motifs is 3. The normalized spacial score (nSPS) is 11.3. The molecular weight excluding hydrogens is 526 g/mol. The number of aromatic nitrogens is 3. The number of hydrogen-bond acceptors (Lipinski definition) is 4. The van der Waals surface area contributed by atoms with Gasteiger partial charge in [0, 0.05) is 27.5 Å². The first-order valence-electron chi connectivity index (χ1n) is 14.3. The molecule has 0 N–H and O–H groups in total. The van der Waals surface area contributed by atoms with Gasteiger partial charge in [-0.05, 0) is 52.6 Å². The summed E-state index contributed by atoms with van der Waals surface area (Å²) in [6.07, 6.45) is 0. The Morgan fingerprint density at radius 3 is 1.37 bits per heavy atom. The summed E-state index contributed by atoms with van der Waals surface area (Å²) in [6, 6.07) is 51.7.